The van der Waals surface area contributed by atoms with Crippen molar-refractivity contribution in [2.45, 2.75) is 69.5 Å². The fourth-order valence-electron chi connectivity index (χ4n) is 3.00. The third kappa shape index (κ3) is 6.64. The normalized spacial score (nSPS) is 21.1. The van der Waals surface area contributed by atoms with Crippen LogP contribution >= 0.6 is 0 Å². The third-order valence-electron chi connectivity index (χ3n) is 4.70. The molecule has 170 valence electrons. The van der Waals surface area contributed by atoms with Crippen molar-refractivity contribution in [3.8, 4) is 0 Å². The number of likely N-dealkylation sites (tertiary alicyclic amines) is 1. The van der Waals surface area contributed by atoms with Crippen LogP contribution in [-0.4, -0.2) is 97.9 Å². The SMILES string of the molecule is CC(O)C(N)C(=O)NC(C(=O)NC(CC(=O)O)C(=O)N1CCCC1C(=O)O)C(C)O. The fraction of sp³-hybridized carbons (Fsp3) is 0.706. The first-order valence-corrected chi connectivity index (χ1v) is 9.34. The van der Waals surface area contributed by atoms with E-state index in [1.807, 2.05) is 0 Å². The van der Waals surface area contributed by atoms with Crippen molar-refractivity contribution >= 4 is 29.7 Å². The van der Waals surface area contributed by atoms with Crippen LogP contribution in [0, 0.1) is 0 Å². The molecule has 1 fully saturated rings. The van der Waals surface area contributed by atoms with Gasteiger partial charge in [0.15, 0.2) is 0 Å². The number of nitrogens with one attached hydrogen (secondary N) is 2. The molecule has 0 aliphatic carbocycles. The quantitative estimate of drug-likeness (QED) is 0.181. The number of carbonyl (C=O) groups excluding carboxylic acids is 3. The van der Waals surface area contributed by atoms with E-state index in [9.17, 15) is 39.3 Å². The van der Waals surface area contributed by atoms with Crippen LogP contribution in [0.3, 0.4) is 0 Å². The second-order valence-corrected chi connectivity index (χ2v) is 7.18. The number of aliphatic hydroxyl groups is 2. The largest absolute Gasteiger partial charge is 0.481 e. The minimum atomic E-state index is -1.61. The van der Waals surface area contributed by atoms with Crippen molar-refractivity contribution in [2.75, 3.05) is 6.54 Å². The smallest absolute Gasteiger partial charge is 0.326 e. The zero-order valence-electron chi connectivity index (χ0n) is 16.6. The number of carboxylic acid groups (broad SMARTS) is 2. The number of carbonyl (C=O) groups is 5. The van der Waals surface area contributed by atoms with E-state index in [4.69, 9.17) is 10.8 Å². The Labute approximate surface area is 172 Å². The lowest BCUT2D eigenvalue weighted by molar-refractivity contribution is -0.151. The summed E-state index contributed by atoms with van der Waals surface area (Å²) in [6.07, 6.45) is -2.93. The highest BCUT2D eigenvalue weighted by molar-refractivity contribution is 5.96. The van der Waals surface area contributed by atoms with Gasteiger partial charge in [0.1, 0.15) is 24.2 Å². The monoisotopic (exact) mass is 432 g/mol. The van der Waals surface area contributed by atoms with Gasteiger partial charge in [-0.3, -0.25) is 19.2 Å². The van der Waals surface area contributed by atoms with Gasteiger partial charge in [-0.25, -0.2) is 4.79 Å². The molecule has 30 heavy (non-hydrogen) atoms. The van der Waals surface area contributed by atoms with E-state index >= 15 is 0 Å². The molecular formula is C17H28N4O9. The molecule has 0 bridgehead atoms. The van der Waals surface area contributed by atoms with Crippen LogP contribution in [0.1, 0.15) is 33.1 Å². The lowest BCUT2D eigenvalue weighted by atomic mass is 10.1. The molecule has 0 spiro atoms. The molecular weight excluding hydrogens is 404 g/mol. The van der Waals surface area contributed by atoms with E-state index in [2.05, 4.69) is 10.6 Å². The molecule has 6 atom stereocenters. The van der Waals surface area contributed by atoms with Crippen molar-refractivity contribution in [3.63, 3.8) is 0 Å². The number of amides is 3. The maximum absolute atomic E-state index is 12.7. The van der Waals surface area contributed by atoms with Crippen LogP contribution in [0.4, 0.5) is 0 Å². The number of hydrogen-bond acceptors (Lipinski definition) is 8. The summed E-state index contributed by atoms with van der Waals surface area (Å²) in [6.45, 7) is 2.51. The average Bonchev–Trinajstić information content (AvgIpc) is 3.13. The number of rotatable bonds is 10. The van der Waals surface area contributed by atoms with E-state index < -0.39 is 72.5 Å². The molecule has 1 saturated heterocycles. The van der Waals surface area contributed by atoms with Crippen LogP contribution in [-0.2, 0) is 24.0 Å². The molecule has 0 aromatic carbocycles. The highest BCUT2D eigenvalue weighted by Gasteiger charge is 2.39. The molecule has 0 aromatic heterocycles. The van der Waals surface area contributed by atoms with Crippen molar-refractivity contribution in [1.29, 1.82) is 0 Å². The van der Waals surface area contributed by atoms with Crippen LogP contribution in [0.2, 0.25) is 0 Å². The Balaban J connectivity index is 2.99. The first-order chi connectivity index (χ1) is 13.9. The van der Waals surface area contributed by atoms with E-state index in [1.54, 1.807) is 0 Å². The van der Waals surface area contributed by atoms with Crippen molar-refractivity contribution < 1.29 is 44.4 Å². The van der Waals surface area contributed by atoms with Gasteiger partial charge in [-0.1, -0.05) is 0 Å². The summed E-state index contributed by atoms with van der Waals surface area (Å²) < 4.78 is 0. The summed E-state index contributed by atoms with van der Waals surface area (Å²) in [6, 6.07) is -5.74. The fourth-order valence-corrected chi connectivity index (χ4v) is 3.00. The molecule has 13 nitrogen and oxygen atoms in total. The van der Waals surface area contributed by atoms with E-state index in [1.165, 1.54) is 13.8 Å². The zero-order chi connectivity index (χ0) is 23.2. The molecule has 0 radical (unpaired) electrons. The lowest BCUT2D eigenvalue weighted by Gasteiger charge is -2.29. The van der Waals surface area contributed by atoms with Gasteiger partial charge >= 0.3 is 11.9 Å². The highest BCUT2D eigenvalue weighted by Crippen LogP contribution is 2.19. The first kappa shape index (κ1) is 25.3. The molecule has 1 aliphatic rings. The Kier molecular flexibility index (Phi) is 9.14. The number of aliphatic carboxylic acids is 2. The van der Waals surface area contributed by atoms with E-state index in [-0.39, 0.29) is 13.0 Å². The Morgan fingerprint density at radius 2 is 1.63 bits per heavy atom. The summed E-state index contributed by atoms with van der Waals surface area (Å²) in [5, 5.41) is 41.8. The van der Waals surface area contributed by atoms with Gasteiger partial charge in [0.2, 0.25) is 17.7 Å². The number of nitrogens with two attached hydrogens (primary N) is 1. The van der Waals surface area contributed by atoms with E-state index in [0.29, 0.717) is 6.42 Å². The summed E-state index contributed by atoms with van der Waals surface area (Å²) in [4.78, 5) is 60.8. The second kappa shape index (κ2) is 10.8. The van der Waals surface area contributed by atoms with Crippen LogP contribution in [0.15, 0.2) is 0 Å². The Hall–Kier alpha value is -2.77. The van der Waals surface area contributed by atoms with Crippen LogP contribution in [0.5, 0.6) is 0 Å². The number of aliphatic hydroxyl groups excluding tert-OH is 2. The first-order valence-electron chi connectivity index (χ1n) is 9.34. The topological polar surface area (TPSA) is 220 Å². The molecule has 0 saturated carbocycles. The maximum atomic E-state index is 12.7. The molecule has 1 rings (SSSR count). The van der Waals surface area contributed by atoms with Gasteiger partial charge in [-0.15, -0.1) is 0 Å². The van der Waals surface area contributed by atoms with E-state index in [0.717, 1.165) is 4.90 Å². The number of hydrogen-bond donors (Lipinski definition) is 7. The van der Waals surface area contributed by atoms with Gasteiger partial charge in [-0.2, -0.15) is 0 Å². The molecule has 13 heteroatoms. The van der Waals surface area contributed by atoms with Crippen molar-refractivity contribution in [3.05, 3.63) is 0 Å². The number of carboxylic acids is 2. The van der Waals surface area contributed by atoms with Crippen LogP contribution < -0.4 is 16.4 Å². The van der Waals surface area contributed by atoms with Gasteiger partial charge in [-0.05, 0) is 26.7 Å². The van der Waals surface area contributed by atoms with Gasteiger partial charge < -0.3 is 41.7 Å². The predicted octanol–water partition coefficient (Wildman–Crippen LogP) is -3.40. The molecule has 1 aliphatic heterocycles. The Morgan fingerprint density at radius 3 is 2.10 bits per heavy atom. The molecule has 8 N–H and O–H groups in total. The standard InChI is InChI=1S/C17H28N4O9/c1-7(22)12(18)14(26)20-13(8(2)23)15(27)19-9(6-11(24)25)16(28)21-5-3-4-10(21)17(29)30/h7-10,12-13,22-23H,3-6,18H2,1-2H3,(H,19,27)(H,20,26)(H,24,25)(H,29,30). The van der Waals surface area contributed by atoms with Crippen LogP contribution in [0.25, 0.3) is 0 Å². The Morgan fingerprint density at radius 1 is 1.03 bits per heavy atom. The minimum absolute atomic E-state index is 0.0849. The third-order valence-corrected chi connectivity index (χ3v) is 4.70. The molecule has 3 amide bonds. The van der Waals surface area contributed by atoms with Gasteiger partial charge in [0.05, 0.1) is 18.6 Å². The molecule has 6 unspecified atom stereocenters. The maximum Gasteiger partial charge on any atom is 0.326 e. The molecule has 0 aromatic rings. The highest BCUT2D eigenvalue weighted by atomic mass is 16.4. The summed E-state index contributed by atoms with van der Waals surface area (Å²) >= 11 is 0. The lowest BCUT2D eigenvalue weighted by Crippen LogP contribution is -2.61. The summed E-state index contributed by atoms with van der Waals surface area (Å²) in [7, 11) is 0. The summed E-state index contributed by atoms with van der Waals surface area (Å²) in [5.41, 5.74) is 5.48. The second-order valence-electron chi connectivity index (χ2n) is 7.18. The zero-order valence-corrected chi connectivity index (χ0v) is 16.6. The Bertz CT molecular complexity index is 682. The summed E-state index contributed by atoms with van der Waals surface area (Å²) in [5.74, 6) is -5.58. The van der Waals surface area contributed by atoms with Gasteiger partial charge in [0, 0.05) is 6.54 Å². The minimum Gasteiger partial charge on any atom is -0.481 e. The van der Waals surface area contributed by atoms with Crippen molar-refractivity contribution in [1.82, 2.24) is 15.5 Å². The molecule has 1 heterocycles. The predicted molar refractivity (Wildman–Crippen MR) is 99.8 cm³/mol. The van der Waals surface area contributed by atoms with Gasteiger partial charge in [0.25, 0.3) is 0 Å². The van der Waals surface area contributed by atoms with Crippen molar-refractivity contribution in [2.24, 2.45) is 5.73 Å². The average molecular weight is 432 g/mol. The number of nitrogens with zero attached hydrogens (tertiary/aromatic N) is 1.